The van der Waals surface area contributed by atoms with Gasteiger partial charge in [0.25, 0.3) is 0 Å². The minimum absolute atomic E-state index is 1.17. The van der Waals surface area contributed by atoms with Gasteiger partial charge in [0.2, 0.25) is 0 Å². The van der Waals surface area contributed by atoms with Gasteiger partial charge in [-0.1, -0.05) is 18.2 Å². The standard InChI is InChI=1S/C24BF20.C7H8S/c26-5-1(6(27)14(35)21(42)13(5)34)25(2-7(28)15(36)22(43)16(37)8(2)29,3-9(30)17(38)23(44)18(39)10(3)31)4-11(32)19(40)24(45)20(41)12(4)33;1-6-4-2-3-5-7(6)8/h;2-5,8H,1H3/q-1;/p+1. The van der Waals surface area contributed by atoms with E-state index in [4.69, 9.17) is 0 Å². The minimum atomic E-state index is -7.22. The van der Waals surface area contributed by atoms with E-state index in [9.17, 15) is 52.7 Å². The first-order valence-electron chi connectivity index (χ1n) is 13.5. The lowest BCUT2D eigenvalue weighted by atomic mass is 9.12. The molecule has 5 aromatic carbocycles. The average molecular weight is 804 g/mol. The third kappa shape index (κ3) is 6.03. The van der Waals surface area contributed by atoms with Crippen molar-refractivity contribution in [3.63, 3.8) is 0 Å². The zero-order valence-corrected chi connectivity index (χ0v) is 25.9. The van der Waals surface area contributed by atoms with Crippen molar-refractivity contribution >= 4 is 40.6 Å². The summed E-state index contributed by atoms with van der Waals surface area (Å²) in [5, 5.41) is 0. The Morgan fingerprint density at radius 3 is 0.623 bits per heavy atom. The molecule has 0 heterocycles. The predicted molar refractivity (Wildman–Crippen MR) is 149 cm³/mol. The van der Waals surface area contributed by atoms with E-state index in [0.29, 0.717) is 0 Å². The molecule has 0 atom stereocenters. The molecule has 0 aliphatic rings. The summed E-state index contributed by atoms with van der Waals surface area (Å²) in [5.74, 6) is -71.4. The lowest BCUT2D eigenvalue weighted by Gasteiger charge is -2.44. The lowest BCUT2D eigenvalue weighted by molar-refractivity contribution is 0.378. The molecule has 0 saturated carbocycles. The van der Waals surface area contributed by atoms with E-state index in [-0.39, 0.29) is 0 Å². The van der Waals surface area contributed by atoms with Gasteiger partial charge in [0, 0.05) is 5.56 Å². The topological polar surface area (TPSA) is 0 Å². The van der Waals surface area contributed by atoms with E-state index in [1.165, 1.54) is 10.5 Å². The first kappa shape index (κ1) is 40.9. The van der Waals surface area contributed by atoms with Gasteiger partial charge in [0.05, 0.1) is 0 Å². The van der Waals surface area contributed by atoms with Crippen LogP contribution in [-0.4, -0.2) is 6.15 Å². The SMILES string of the molecule is Cc1ccccc1[SH2+].Fc1c(F)c(F)c([B-](c2c(F)c(F)c(F)c(F)c2F)(c2c(F)c(F)c(F)c(F)c2F)c2c(F)c(F)c(F)c(F)c2F)c(F)c1F. The molecule has 0 bridgehead atoms. The normalized spacial score (nSPS) is 11.6. The molecule has 0 aliphatic heterocycles. The van der Waals surface area contributed by atoms with Gasteiger partial charge < -0.3 is 0 Å². The number of halogens is 20. The summed E-state index contributed by atoms with van der Waals surface area (Å²) in [4.78, 5) is 1.17. The van der Waals surface area contributed by atoms with Crippen LogP contribution in [-0.2, 0) is 12.6 Å². The van der Waals surface area contributed by atoms with Crippen LogP contribution in [0.25, 0.3) is 0 Å². The predicted octanol–water partition coefficient (Wildman–Crippen LogP) is 7.21. The molecule has 0 aliphatic carbocycles. The third-order valence-corrected chi connectivity index (χ3v) is 8.41. The molecule has 0 saturated heterocycles. The van der Waals surface area contributed by atoms with E-state index in [1.54, 1.807) is 0 Å². The van der Waals surface area contributed by atoms with Crippen LogP contribution in [0.3, 0.4) is 0 Å². The van der Waals surface area contributed by atoms with E-state index < -0.39 is 144 Å². The molecule has 5 rings (SSSR count). The summed E-state index contributed by atoms with van der Waals surface area (Å²) in [7, 11) is 0. The second kappa shape index (κ2) is 14.5. The Labute approximate surface area is 286 Å². The molecule has 0 unspecified atom stereocenters. The Kier molecular flexibility index (Phi) is 11.2. The van der Waals surface area contributed by atoms with Gasteiger partial charge in [-0.25, -0.2) is 87.8 Å². The fourth-order valence-electron chi connectivity index (χ4n) is 5.45. The van der Waals surface area contributed by atoms with Crippen molar-refractivity contribution < 1.29 is 87.8 Å². The van der Waals surface area contributed by atoms with Gasteiger partial charge in [0.1, 0.15) is 52.7 Å². The zero-order valence-electron chi connectivity index (χ0n) is 24.9. The van der Waals surface area contributed by atoms with Gasteiger partial charge >= 0.3 is 0 Å². The molecule has 0 fully saturated rings. The quantitative estimate of drug-likeness (QED) is 0.0593. The highest BCUT2D eigenvalue weighted by atomic mass is 32.1. The monoisotopic (exact) mass is 804 g/mol. The summed E-state index contributed by atoms with van der Waals surface area (Å²) >= 11 is 3.44. The number of benzene rings is 5. The van der Waals surface area contributed by atoms with Crippen LogP contribution >= 0.6 is 0 Å². The van der Waals surface area contributed by atoms with E-state index in [1.807, 2.05) is 18.2 Å². The molecule has 0 radical (unpaired) electrons. The number of hydrogen-bond acceptors (Lipinski definition) is 0. The van der Waals surface area contributed by atoms with Gasteiger partial charge in [-0.2, -0.15) is 0 Å². The van der Waals surface area contributed by atoms with E-state index in [2.05, 4.69) is 25.6 Å². The maximum atomic E-state index is 15.4. The second-order valence-electron chi connectivity index (χ2n) is 10.6. The maximum absolute atomic E-state index is 15.4. The fourth-order valence-corrected chi connectivity index (χ4v) is 5.63. The minimum Gasteiger partial charge on any atom is -0.207 e. The molecule has 0 aromatic heterocycles. The summed E-state index contributed by atoms with van der Waals surface area (Å²) < 4.78 is 294. The molecule has 282 valence electrons. The van der Waals surface area contributed by atoms with Crippen molar-refractivity contribution in [1.29, 1.82) is 0 Å². The van der Waals surface area contributed by atoms with Crippen molar-refractivity contribution in [2.75, 3.05) is 0 Å². The average Bonchev–Trinajstić information content (AvgIpc) is 3.13. The van der Waals surface area contributed by atoms with Crippen LogP contribution in [0.4, 0.5) is 87.8 Å². The van der Waals surface area contributed by atoms with Crippen molar-refractivity contribution in [2.45, 2.75) is 11.8 Å². The molecule has 5 aromatic rings. The largest absolute Gasteiger partial charge is 0.207 e. The molecule has 0 N–H and O–H groups in total. The van der Waals surface area contributed by atoms with Gasteiger partial charge in [0.15, 0.2) is 74.7 Å². The van der Waals surface area contributed by atoms with Crippen LogP contribution < -0.4 is 21.9 Å². The van der Waals surface area contributed by atoms with Gasteiger partial charge in [-0.05, 0) is 25.6 Å². The van der Waals surface area contributed by atoms with Crippen molar-refractivity contribution in [3.8, 4) is 0 Å². The Morgan fingerprint density at radius 1 is 0.302 bits per heavy atom. The fraction of sp³-hybridized carbons (Fsp3) is 0.0323. The van der Waals surface area contributed by atoms with Crippen LogP contribution in [0.5, 0.6) is 0 Å². The number of rotatable bonds is 4. The Morgan fingerprint density at radius 2 is 0.472 bits per heavy atom. The molecular weight excluding hydrogens is 795 g/mol. The maximum Gasteiger partial charge on any atom is 0.200 e. The Hall–Kier alpha value is -4.89. The molecule has 53 heavy (non-hydrogen) atoms. The van der Waals surface area contributed by atoms with Crippen LogP contribution in [0, 0.1) is 123 Å². The van der Waals surface area contributed by atoms with Crippen molar-refractivity contribution in [1.82, 2.24) is 0 Å². The summed E-state index contributed by atoms with van der Waals surface area (Å²) in [6, 6.07) is 8.14. The Balaban J connectivity index is 0.000000692. The molecule has 0 nitrogen and oxygen atoms in total. The first-order chi connectivity index (χ1) is 24.5. The van der Waals surface area contributed by atoms with E-state index >= 15 is 35.1 Å². The summed E-state index contributed by atoms with van der Waals surface area (Å²) in [5.41, 5.74) is -13.0. The summed E-state index contributed by atoms with van der Waals surface area (Å²) in [6.45, 7) is 2.07. The molecule has 0 spiro atoms. The molecule has 0 amide bonds. The highest BCUT2D eigenvalue weighted by Gasteiger charge is 2.52. The second-order valence-corrected chi connectivity index (χ2v) is 11.2. The third-order valence-electron chi connectivity index (χ3n) is 7.85. The van der Waals surface area contributed by atoms with Crippen LogP contribution in [0.1, 0.15) is 5.56 Å². The van der Waals surface area contributed by atoms with Crippen LogP contribution in [0.2, 0.25) is 0 Å². The highest BCUT2D eigenvalue weighted by Crippen LogP contribution is 2.30. The van der Waals surface area contributed by atoms with E-state index in [0.717, 1.165) is 0 Å². The summed E-state index contributed by atoms with van der Waals surface area (Å²) in [6.07, 6.45) is -7.22. The highest BCUT2D eigenvalue weighted by molar-refractivity contribution is 7.58. The Bertz CT molecular complexity index is 1920. The molecule has 22 heteroatoms. The van der Waals surface area contributed by atoms with Crippen LogP contribution in [0.15, 0.2) is 29.2 Å². The van der Waals surface area contributed by atoms with Gasteiger partial charge in [-0.3, -0.25) is 0 Å². The smallest absolute Gasteiger partial charge is 0.200 e. The molecular formula is C31H9BF20S. The first-order valence-corrected chi connectivity index (χ1v) is 14.0. The zero-order chi connectivity index (χ0) is 40.3. The number of aryl methyl sites for hydroxylation is 1. The van der Waals surface area contributed by atoms with Crippen molar-refractivity contribution in [3.05, 3.63) is 146 Å². The van der Waals surface area contributed by atoms with Crippen molar-refractivity contribution in [2.24, 2.45) is 0 Å². The van der Waals surface area contributed by atoms with Gasteiger partial charge in [-0.15, -0.1) is 21.9 Å². The lowest BCUT2D eigenvalue weighted by Crippen LogP contribution is -2.81. The number of hydrogen-bond donors (Lipinski definition) is 0.